The summed E-state index contributed by atoms with van der Waals surface area (Å²) in [5, 5.41) is 5.48. The Kier molecular flexibility index (Phi) is 4.27. The van der Waals surface area contributed by atoms with Gasteiger partial charge < -0.3 is 10.6 Å². The van der Waals surface area contributed by atoms with E-state index in [2.05, 4.69) is 10.6 Å². The summed E-state index contributed by atoms with van der Waals surface area (Å²) < 4.78 is 0. The fourth-order valence-electron chi connectivity index (χ4n) is 2.07. The van der Waals surface area contributed by atoms with E-state index in [1.54, 1.807) is 6.92 Å². The molecular weight excluding hydrogens is 260 g/mol. The minimum absolute atomic E-state index is 0.00125. The summed E-state index contributed by atoms with van der Waals surface area (Å²) in [6.07, 6.45) is 0. The molecule has 1 heterocycles. The fourth-order valence-corrected chi connectivity index (χ4v) is 2.76. The van der Waals surface area contributed by atoms with Crippen molar-refractivity contribution in [3.63, 3.8) is 0 Å². The van der Waals surface area contributed by atoms with E-state index in [9.17, 15) is 9.59 Å². The quantitative estimate of drug-likeness (QED) is 0.892. The van der Waals surface area contributed by atoms with Crippen molar-refractivity contribution in [3.05, 3.63) is 47.2 Å². The van der Waals surface area contributed by atoms with Crippen molar-refractivity contribution >= 4 is 22.9 Å². The Balaban J connectivity index is 2.41. The second-order valence-corrected chi connectivity index (χ2v) is 5.44. The second kappa shape index (κ2) is 5.93. The van der Waals surface area contributed by atoms with Gasteiger partial charge in [0.25, 0.3) is 0 Å². The molecule has 19 heavy (non-hydrogen) atoms. The van der Waals surface area contributed by atoms with Crippen LogP contribution in [-0.2, 0) is 4.79 Å². The van der Waals surface area contributed by atoms with Crippen LogP contribution in [0, 0.1) is 0 Å². The normalized spacial score (nSPS) is 18.8. The van der Waals surface area contributed by atoms with E-state index in [0.29, 0.717) is 17.0 Å². The molecule has 0 saturated heterocycles. The van der Waals surface area contributed by atoms with Gasteiger partial charge in [-0.3, -0.25) is 4.79 Å². The zero-order valence-electron chi connectivity index (χ0n) is 10.9. The lowest BCUT2D eigenvalue weighted by Crippen LogP contribution is -2.44. The van der Waals surface area contributed by atoms with E-state index < -0.39 is 0 Å². The number of nitrogens with one attached hydrogen (secondary N) is 2. The van der Waals surface area contributed by atoms with Gasteiger partial charge in [0.1, 0.15) is 0 Å². The van der Waals surface area contributed by atoms with Gasteiger partial charge in [0, 0.05) is 5.70 Å². The third-order valence-corrected chi connectivity index (χ3v) is 3.67. The first kappa shape index (κ1) is 13.7. The minimum Gasteiger partial charge on any atom is -0.327 e. The molecule has 1 atom stereocenters. The average Bonchev–Trinajstić information content (AvgIpc) is 2.39. The number of hydrogen-bond donors (Lipinski definition) is 2. The third-order valence-electron chi connectivity index (χ3n) is 2.90. The lowest BCUT2D eigenvalue weighted by atomic mass is 9.96. The van der Waals surface area contributed by atoms with Gasteiger partial charge in [-0.1, -0.05) is 49.0 Å². The molecule has 2 N–H and O–H groups in total. The molecule has 1 unspecified atom stereocenters. The van der Waals surface area contributed by atoms with E-state index in [1.165, 1.54) is 11.8 Å². The molecule has 0 radical (unpaired) electrons. The summed E-state index contributed by atoms with van der Waals surface area (Å²) >= 11 is 1.25. The van der Waals surface area contributed by atoms with Crippen LogP contribution in [0.3, 0.4) is 0 Å². The number of hydrogen-bond acceptors (Lipinski definition) is 3. The van der Waals surface area contributed by atoms with E-state index in [4.69, 9.17) is 0 Å². The zero-order chi connectivity index (χ0) is 13.8. The van der Waals surface area contributed by atoms with Crippen LogP contribution in [-0.4, -0.2) is 16.9 Å². The highest BCUT2D eigenvalue weighted by Crippen LogP contribution is 2.29. The molecular formula is C14H16N2O2S. The van der Waals surface area contributed by atoms with Gasteiger partial charge in [-0.15, -0.1) is 0 Å². The summed E-state index contributed by atoms with van der Waals surface area (Å²) in [6.45, 7) is 3.70. The summed E-state index contributed by atoms with van der Waals surface area (Å²) in [6, 6.07) is 8.87. The molecule has 0 saturated carbocycles. The Bertz CT molecular complexity index is 526. The number of benzene rings is 1. The van der Waals surface area contributed by atoms with Gasteiger partial charge >= 0.3 is 6.03 Å². The maximum Gasteiger partial charge on any atom is 0.319 e. The first-order chi connectivity index (χ1) is 9.13. The Labute approximate surface area is 116 Å². The predicted octanol–water partition coefficient (Wildman–Crippen LogP) is 2.59. The fraction of sp³-hybridized carbons (Fsp3) is 0.286. The number of allylic oxidation sites excluding steroid dienone is 1. The smallest absolute Gasteiger partial charge is 0.319 e. The molecule has 4 nitrogen and oxygen atoms in total. The Morgan fingerprint density at radius 1 is 1.32 bits per heavy atom. The molecule has 0 spiro atoms. The first-order valence-corrected chi connectivity index (χ1v) is 7.12. The van der Waals surface area contributed by atoms with Crippen LogP contribution in [0.2, 0.25) is 0 Å². The van der Waals surface area contributed by atoms with Crippen LogP contribution < -0.4 is 10.6 Å². The molecule has 5 heteroatoms. The molecule has 1 aromatic rings. The topological polar surface area (TPSA) is 58.2 Å². The number of rotatable bonds is 3. The summed E-state index contributed by atoms with van der Waals surface area (Å²) in [5.74, 6) is 0.713. The highest BCUT2D eigenvalue weighted by molar-refractivity contribution is 8.14. The van der Waals surface area contributed by atoms with Gasteiger partial charge in [0.2, 0.25) is 5.12 Å². The molecule has 2 amide bonds. The van der Waals surface area contributed by atoms with E-state index in [1.807, 2.05) is 37.3 Å². The number of amides is 2. The maximum absolute atomic E-state index is 12.2. The van der Waals surface area contributed by atoms with Crippen molar-refractivity contribution in [2.45, 2.75) is 19.9 Å². The lowest BCUT2D eigenvalue weighted by Gasteiger charge is -2.28. The van der Waals surface area contributed by atoms with Crippen molar-refractivity contribution < 1.29 is 9.59 Å². The lowest BCUT2D eigenvalue weighted by molar-refractivity contribution is -0.108. The van der Waals surface area contributed by atoms with Crippen LogP contribution in [0.15, 0.2) is 41.6 Å². The van der Waals surface area contributed by atoms with Crippen LogP contribution in [0.4, 0.5) is 4.79 Å². The molecule has 0 bridgehead atoms. The molecule has 100 valence electrons. The van der Waals surface area contributed by atoms with Crippen molar-refractivity contribution in [1.29, 1.82) is 0 Å². The summed E-state index contributed by atoms with van der Waals surface area (Å²) in [7, 11) is 0. The Hall–Kier alpha value is -1.75. The van der Waals surface area contributed by atoms with Gasteiger partial charge in [-0.05, 0) is 18.2 Å². The molecule has 0 aromatic heterocycles. The van der Waals surface area contributed by atoms with E-state index >= 15 is 0 Å². The third kappa shape index (κ3) is 2.98. The predicted molar refractivity (Wildman–Crippen MR) is 76.7 cm³/mol. The Morgan fingerprint density at radius 3 is 2.63 bits per heavy atom. The highest BCUT2D eigenvalue weighted by atomic mass is 32.2. The monoisotopic (exact) mass is 276 g/mol. The number of thioether (sulfide) groups is 1. The number of carbonyl (C=O) groups is 2. The molecule has 1 aromatic carbocycles. The second-order valence-electron chi connectivity index (χ2n) is 4.20. The van der Waals surface area contributed by atoms with Gasteiger partial charge in [-0.2, -0.15) is 0 Å². The van der Waals surface area contributed by atoms with Crippen LogP contribution in [0.25, 0.3) is 0 Å². The molecule has 0 aliphatic carbocycles. The Morgan fingerprint density at radius 2 is 2.00 bits per heavy atom. The summed E-state index contributed by atoms with van der Waals surface area (Å²) in [5.41, 5.74) is 2.16. The minimum atomic E-state index is -0.374. The maximum atomic E-state index is 12.2. The average molecular weight is 276 g/mol. The summed E-state index contributed by atoms with van der Waals surface area (Å²) in [4.78, 5) is 23.8. The van der Waals surface area contributed by atoms with Crippen molar-refractivity contribution in [3.8, 4) is 0 Å². The van der Waals surface area contributed by atoms with Gasteiger partial charge in [0.05, 0.1) is 11.6 Å². The standard InChI is InChI=1S/C14H16N2O2S/c1-3-19-13(17)11-9(2)15-14(18)16-12(11)10-7-5-4-6-8-10/h4-8,12H,3H2,1-2H3,(H2,15,16,18). The molecule has 1 aliphatic heterocycles. The van der Waals surface area contributed by atoms with E-state index in [0.717, 1.165) is 5.56 Å². The highest BCUT2D eigenvalue weighted by Gasteiger charge is 2.30. The van der Waals surface area contributed by atoms with Crippen molar-refractivity contribution in [1.82, 2.24) is 10.6 Å². The zero-order valence-corrected chi connectivity index (χ0v) is 11.7. The SMILES string of the molecule is CCSC(=O)C1=C(C)NC(=O)NC1c1ccccc1. The van der Waals surface area contributed by atoms with Crippen molar-refractivity contribution in [2.24, 2.45) is 0 Å². The van der Waals surface area contributed by atoms with Crippen molar-refractivity contribution in [2.75, 3.05) is 5.75 Å². The van der Waals surface area contributed by atoms with Gasteiger partial charge in [-0.25, -0.2) is 4.79 Å². The van der Waals surface area contributed by atoms with E-state index in [-0.39, 0.29) is 17.2 Å². The molecule has 2 rings (SSSR count). The largest absolute Gasteiger partial charge is 0.327 e. The van der Waals surface area contributed by atoms with Crippen LogP contribution in [0.1, 0.15) is 25.5 Å². The van der Waals surface area contributed by atoms with Crippen LogP contribution >= 0.6 is 11.8 Å². The molecule has 1 aliphatic rings. The first-order valence-electron chi connectivity index (χ1n) is 6.13. The molecule has 0 fully saturated rings. The van der Waals surface area contributed by atoms with Gasteiger partial charge in [0.15, 0.2) is 0 Å². The number of urea groups is 1. The van der Waals surface area contributed by atoms with Crippen LogP contribution in [0.5, 0.6) is 0 Å². The number of carbonyl (C=O) groups excluding carboxylic acids is 2.